The van der Waals surface area contributed by atoms with Crippen LogP contribution in [0.15, 0.2) is 24.3 Å². The first-order valence-corrected chi connectivity index (χ1v) is 8.82. The van der Waals surface area contributed by atoms with Gasteiger partial charge in [-0.05, 0) is 43.7 Å². The molecule has 2 aliphatic heterocycles. The van der Waals surface area contributed by atoms with Gasteiger partial charge in [-0.1, -0.05) is 0 Å². The average molecular weight is 369 g/mol. The van der Waals surface area contributed by atoms with E-state index in [-0.39, 0.29) is 23.3 Å². The van der Waals surface area contributed by atoms with Crippen LogP contribution < -0.4 is 5.32 Å². The van der Waals surface area contributed by atoms with E-state index in [1.165, 1.54) is 12.1 Å². The number of halogens is 3. The maximum atomic E-state index is 12.6. The van der Waals surface area contributed by atoms with Crippen molar-refractivity contribution in [2.75, 3.05) is 39.3 Å². The molecule has 0 aromatic heterocycles. The summed E-state index contributed by atoms with van der Waals surface area (Å²) in [6.45, 7) is 3.35. The highest BCUT2D eigenvalue weighted by Crippen LogP contribution is 2.29. The third-order valence-corrected chi connectivity index (χ3v) is 4.98. The van der Waals surface area contributed by atoms with Crippen molar-refractivity contribution in [2.45, 2.75) is 19.0 Å². The summed E-state index contributed by atoms with van der Waals surface area (Å²) in [5, 5.41) is 3.23. The van der Waals surface area contributed by atoms with Gasteiger partial charge in [0.1, 0.15) is 0 Å². The second kappa shape index (κ2) is 7.65. The van der Waals surface area contributed by atoms with Gasteiger partial charge in [0.2, 0.25) is 5.91 Å². The first-order chi connectivity index (χ1) is 12.4. The maximum Gasteiger partial charge on any atom is 0.416 e. The molecule has 0 aliphatic carbocycles. The summed E-state index contributed by atoms with van der Waals surface area (Å²) in [6.07, 6.45) is -2.54. The minimum absolute atomic E-state index is 0.000847. The van der Waals surface area contributed by atoms with E-state index in [9.17, 15) is 22.8 Å². The Bertz CT molecular complexity index is 647. The number of nitrogens with zero attached hydrogens (tertiary/aromatic N) is 2. The molecule has 1 N–H and O–H groups in total. The monoisotopic (exact) mass is 369 g/mol. The lowest BCUT2D eigenvalue weighted by atomic mass is 9.98. The number of piperidine rings is 1. The number of amides is 2. The summed E-state index contributed by atoms with van der Waals surface area (Å²) < 4.78 is 37.8. The van der Waals surface area contributed by atoms with Gasteiger partial charge in [-0.3, -0.25) is 9.59 Å². The van der Waals surface area contributed by atoms with Crippen molar-refractivity contribution in [3.63, 3.8) is 0 Å². The number of rotatable bonds is 2. The van der Waals surface area contributed by atoms with E-state index in [0.717, 1.165) is 31.5 Å². The minimum atomic E-state index is -4.42. The number of benzene rings is 1. The molecule has 0 bridgehead atoms. The van der Waals surface area contributed by atoms with E-state index in [1.807, 2.05) is 0 Å². The van der Waals surface area contributed by atoms with Gasteiger partial charge < -0.3 is 15.1 Å². The molecule has 1 atom stereocenters. The fourth-order valence-corrected chi connectivity index (χ4v) is 3.44. The number of nitrogens with one attached hydrogen (secondary N) is 1. The number of alkyl halides is 3. The van der Waals surface area contributed by atoms with Gasteiger partial charge in [0, 0.05) is 38.3 Å². The number of hydrogen-bond acceptors (Lipinski definition) is 3. The summed E-state index contributed by atoms with van der Waals surface area (Å²) in [7, 11) is 0. The predicted octanol–water partition coefficient (Wildman–Crippen LogP) is 1.99. The van der Waals surface area contributed by atoms with Crippen LogP contribution in [0.4, 0.5) is 13.2 Å². The number of hydrogen-bond donors (Lipinski definition) is 1. The molecule has 1 aromatic rings. The van der Waals surface area contributed by atoms with Crippen LogP contribution in [0.25, 0.3) is 0 Å². The lowest BCUT2D eigenvalue weighted by Crippen LogP contribution is -2.53. The number of carbonyl (C=O) groups excluding carboxylic acids is 2. The molecule has 2 heterocycles. The normalized spacial score (nSPS) is 21.6. The largest absolute Gasteiger partial charge is 0.416 e. The molecule has 1 unspecified atom stereocenters. The molecular formula is C18H22F3N3O2. The second-order valence-corrected chi connectivity index (χ2v) is 6.74. The highest BCUT2D eigenvalue weighted by Gasteiger charge is 2.32. The smallest absolute Gasteiger partial charge is 0.339 e. The second-order valence-electron chi connectivity index (χ2n) is 6.74. The molecule has 0 saturated carbocycles. The Kier molecular flexibility index (Phi) is 5.50. The molecule has 1 aromatic carbocycles. The van der Waals surface area contributed by atoms with Crippen molar-refractivity contribution in [1.29, 1.82) is 0 Å². The van der Waals surface area contributed by atoms with Gasteiger partial charge in [0.25, 0.3) is 5.91 Å². The quantitative estimate of drug-likeness (QED) is 0.868. The molecule has 2 fully saturated rings. The molecule has 2 aliphatic rings. The number of carbonyl (C=O) groups is 2. The van der Waals surface area contributed by atoms with Crippen LogP contribution in [0, 0.1) is 5.92 Å². The topological polar surface area (TPSA) is 52.7 Å². The van der Waals surface area contributed by atoms with Gasteiger partial charge in [0.15, 0.2) is 0 Å². The average Bonchev–Trinajstić information content (AvgIpc) is 2.67. The van der Waals surface area contributed by atoms with Gasteiger partial charge >= 0.3 is 6.18 Å². The highest BCUT2D eigenvalue weighted by atomic mass is 19.4. The van der Waals surface area contributed by atoms with Crippen LogP contribution in [-0.2, 0) is 11.0 Å². The molecule has 3 rings (SSSR count). The fourth-order valence-electron chi connectivity index (χ4n) is 3.44. The van der Waals surface area contributed by atoms with Crippen LogP contribution in [0.5, 0.6) is 0 Å². The Balaban J connectivity index is 1.55. The lowest BCUT2D eigenvalue weighted by Gasteiger charge is -2.37. The zero-order valence-corrected chi connectivity index (χ0v) is 14.4. The lowest BCUT2D eigenvalue weighted by molar-refractivity contribution is -0.138. The molecule has 0 spiro atoms. The molecule has 142 valence electrons. The van der Waals surface area contributed by atoms with Gasteiger partial charge in [0.05, 0.1) is 11.5 Å². The zero-order valence-electron chi connectivity index (χ0n) is 14.4. The summed E-state index contributed by atoms with van der Waals surface area (Å²) in [4.78, 5) is 28.4. The van der Waals surface area contributed by atoms with E-state index in [0.29, 0.717) is 32.7 Å². The zero-order chi connectivity index (χ0) is 18.7. The Morgan fingerprint density at radius 1 is 1.00 bits per heavy atom. The van der Waals surface area contributed by atoms with Gasteiger partial charge in [-0.2, -0.15) is 13.2 Å². The summed E-state index contributed by atoms with van der Waals surface area (Å²) in [5.74, 6) is -0.176. The highest BCUT2D eigenvalue weighted by molar-refractivity contribution is 5.94. The van der Waals surface area contributed by atoms with Gasteiger partial charge in [-0.25, -0.2) is 0 Å². The van der Waals surface area contributed by atoms with Crippen molar-refractivity contribution in [3.8, 4) is 0 Å². The van der Waals surface area contributed by atoms with Crippen LogP contribution >= 0.6 is 0 Å². The molecule has 2 amide bonds. The van der Waals surface area contributed by atoms with Crippen molar-refractivity contribution in [2.24, 2.45) is 5.92 Å². The summed E-state index contributed by atoms with van der Waals surface area (Å²) in [6, 6.07) is 4.25. The first-order valence-electron chi connectivity index (χ1n) is 8.82. The molecule has 26 heavy (non-hydrogen) atoms. The van der Waals surface area contributed by atoms with Crippen molar-refractivity contribution in [3.05, 3.63) is 35.4 Å². The van der Waals surface area contributed by atoms with Crippen LogP contribution in [-0.4, -0.2) is 60.9 Å². The van der Waals surface area contributed by atoms with E-state index in [4.69, 9.17) is 0 Å². The minimum Gasteiger partial charge on any atom is -0.339 e. The Labute approximate surface area is 150 Å². The van der Waals surface area contributed by atoms with E-state index in [2.05, 4.69) is 5.32 Å². The van der Waals surface area contributed by atoms with E-state index >= 15 is 0 Å². The predicted molar refractivity (Wildman–Crippen MR) is 89.5 cm³/mol. The van der Waals surface area contributed by atoms with E-state index < -0.39 is 11.7 Å². The Morgan fingerprint density at radius 2 is 1.62 bits per heavy atom. The Hall–Kier alpha value is -2.09. The van der Waals surface area contributed by atoms with Crippen molar-refractivity contribution >= 4 is 11.8 Å². The standard InChI is InChI=1S/C18H22F3N3O2/c19-18(20,21)15-5-3-13(4-6-15)16(25)23-8-10-24(11-9-23)17(26)14-2-1-7-22-12-14/h3-6,14,22H,1-2,7-12H2. The van der Waals surface area contributed by atoms with Crippen LogP contribution in [0.1, 0.15) is 28.8 Å². The van der Waals surface area contributed by atoms with Crippen molar-refractivity contribution < 1.29 is 22.8 Å². The third kappa shape index (κ3) is 4.17. The molecule has 0 radical (unpaired) electrons. The SMILES string of the molecule is O=C(c1ccc(C(F)(F)F)cc1)N1CCN(C(=O)C2CCCNC2)CC1. The molecular weight excluding hydrogens is 347 g/mol. The van der Waals surface area contributed by atoms with Crippen LogP contribution in [0.2, 0.25) is 0 Å². The molecule has 8 heteroatoms. The Morgan fingerprint density at radius 3 is 2.15 bits per heavy atom. The fraction of sp³-hybridized carbons (Fsp3) is 0.556. The van der Waals surface area contributed by atoms with Crippen molar-refractivity contribution in [1.82, 2.24) is 15.1 Å². The third-order valence-electron chi connectivity index (χ3n) is 4.98. The van der Waals surface area contributed by atoms with Gasteiger partial charge in [-0.15, -0.1) is 0 Å². The summed E-state index contributed by atoms with van der Waals surface area (Å²) >= 11 is 0. The maximum absolute atomic E-state index is 12.6. The van der Waals surface area contributed by atoms with Crippen LogP contribution in [0.3, 0.4) is 0 Å². The molecule has 2 saturated heterocycles. The first kappa shape index (κ1) is 18.7. The van der Waals surface area contributed by atoms with E-state index in [1.54, 1.807) is 9.80 Å². The summed E-state index contributed by atoms with van der Waals surface area (Å²) in [5.41, 5.74) is -0.542. The number of piperazine rings is 1. The molecule has 5 nitrogen and oxygen atoms in total.